The molecule has 3 aromatic rings. The molecule has 0 bridgehead atoms. The Kier molecular flexibility index (Phi) is 3.08. The predicted molar refractivity (Wildman–Crippen MR) is 83.3 cm³/mol. The van der Waals surface area contributed by atoms with Crippen LogP contribution in [0.25, 0.3) is 11.0 Å². The van der Waals surface area contributed by atoms with E-state index in [4.69, 9.17) is 18.6 Å². The maximum absolute atomic E-state index is 12.3. The number of ether oxygens (including phenoxy) is 3. The number of carbonyl (C=O) groups is 1. The Bertz CT molecular complexity index is 899. The van der Waals surface area contributed by atoms with Crippen LogP contribution >= 0.6 is 0 Å². The molecule has 6 nitrogen and oxygen atoms in total. The second-order valence-corrected chi connectivity index (χ2v) is 5.04. The van der Waals surface area contributed by atoms with Crippen molar-refractivity contribution in [3.63, 3.8) is 0 Å². The summed E-state index contributed by atoms with van der Waals surface area (Å²) in [5.41, 5.74) is 1.24. The quantitative estimate of drug-likeness (QED) is 0.802. The van der Waals surface area contributed by atoms with Crippen molar-refractivity contribution in [1.82, 2.24) is 0 Å². The van der Waals surface area contributed by atoms with Crippen LogP contribution in [-0.2, 0) is 0 Å². The molecular formula is C17H13NO5. The number of rotatable bonds is 3. The molecular weight excluding hydrogens is 298 g/mol. The standard InChI is InChI=1S/C17H13NO5/c1-20-12-3-5-13-10(6-12)7-16(23-13)17(19)18-11-2-4-14-15(8-11)22-9-21-14/h2-8H,9H2,1H3,(H,18,19). The van der Waals surface area contributed by atoms with Crippen LogP contribution in [0.1, 0.15) is 10.6 Å². The third-order valence-corrected chi connectivity index (χ3v) is 3.58. The van der Waals surface area contributed by atoms with Gasteiger partial charge in [0.1, 0.15) is 11.3 Å². The Morgan fingerprint density at radius 2 is 1.96 bits per heavy atom. The summed E-state index contributed by atoms with van der Waals surface area (Å²) in [5.74, 6) is 1.88. The second kappa shape index (κ2) is 5.24. The lowest BCUT2D eigenvalue weighted by Gasteiger charge is -2.04. The molecule has 0 atom stereocenters. The summed E-state index contributed by atoms with van der Waals surface area (Å²) in [6.07, 6.45) is 0. The molecule has 1 amide bonds. The fourth-order valence-corrected chi connectivity index (χ4v) is 2.43. The maximum Gasteiger partial charge on any atom is 0.291 e. The van der Waals surface area contributed by atoms with E-state index in [2.05, 4.69) is 5.32 Å². The fraction of sp³-hybridized carbons (Fsp3) is 0.118. The summed E-state index contributed by atoms with van der Waals surface area (Å²) in [6.45, 7) is 0.193. The van der Waals surface area contributed by atoms with Gasteiger partial charge in [-0.1, -0.05) is 0 Å². The molecule has 1 aliphatic rings. The highest BCUT2D eigenvalue weighted by Crippen LogP contribution is 2.34. The number of anilines is 1. The summed E-state index contributed by atoms with van der Waals surface area (Å²) < 4.78 is 21.3. The topological polar surface area (TPSA) is 69.9 Å². The molecule has 4 rings (SSSR count). The fourth-order valence-electron chi connectivity index (χ4n) is 2.43. The number of nitrogens with one attached hydrogen (secondary N) is 1. The predicted octanol–water partition coefficient (Wildman–Crippen LogP) is 3.42. The average molecular weight is 311 g/mol. The van der Waals surface area contributed by atoms with Crippen molar-refractivity contribution in [2.45, 2.75) is 0 Å². The van der Waals surface area contributed by atoms with Crippen molar-refractivity contribution >= 4 is 22.6 Å². The minimum atomic E-state index is -0.334. The highest BCUT2D eigenvalue weighted by molar-refractivity contribution is 6.04. The van der Waals surface area contributed by atoms with Crippen molar-refractivity contribution in [3.8, 4) is 17.2 Å². The zero-order valence-electron chi connectivity index (χ0n) is 12.3. The zero-order chi connectivity index (χ0) is 15.8. The Hall–Kier alpha value is -3.15. The van der Waals surface area contributed by atoms with Crippen LogP contribution in [0.2, 0.25) is 0 Å². The summed E-state index contributed by atoms with van der Waals surface area (Å²) >= 11 is 0. The first-order valence-corrected chi connectivity index (χ1v) is 7.01. The van der Waals surface area contributed by atoms with E-state index >= 15 is 0 Å². The first-order valence-electron chi connectivity index (χ1n) is 7.01. The zero-order valence-corrected chi connectivity index (χ0v) is 12.3. The van der Waals surface area contributed by atoms with Gasteiger partial charge in [0, 0.05) is 17.1 Å². The van der Waals surface area contributed by atoms with Gasteiger partial charge in [0.05, 0.1) is 7.11 Å². The van der Waals surface area contributed by atoms with E-state index in [-0.39, 0.29) is 18.5 Å². The highest BCUT2D eigenvalue weighted by atomic mass is 16.7. The molecule has 1 N–H and O–H groups in total. The molecule has 1 aliphatic heterocycles. The van der Waals surface area contributed by atoms with Gasteiger partial charge >= 0.3 is 0 Å². The SMILES string of the molecule is COc1ccc2oc(C(=O)Nc3ccc4c(c3)OCO4)cc2c1. The van der Waals surface area contributed by atoms with E-state index in [9.17, 15) is 4.79 Å². The minimum absolute atomic E-state index is 0.193. The van der Waals surface area contributed by atoms with Crippen LogP contribution in [0.4, 0.5) is 5.69 Å². The van der Waals surface area contributed by atoms with E-state index in [0.29, 0.717) is 28.5 Å². The summed E-state index contributed by atoms with van der Waals surface area (Å²) in [4.78, 5) is 12.3. The van der Waals surface area contributed by atoms with Gasteiger partial charge in [-0.25, -0.2) is 0 Å². The number of benzene rings is 2. The van der Waals surface area contributed by atoms with Gasteiger partial charge in [-0.05, 0) is 36.4 Å². The van der Waals surface area contributed by atoms with E-state index in [1.54, 1.807) is 43.5 Å². The smallest absolute Gasteiger partial charge is 0.291 e. The van der Waals surface area contributed by atoms with Crippen molar-refractivity contribution in [2.24, 2.45) is 0 Å². The first-order chi connectivity index (χ1) is 11.2. The number of amides is 1. The van der Waals surface area contributed by atoms with Crippen molar-refractivity contribution in [3.05, 3.63) is 48.2 Å². The summed E-state index contributed by atoms with van der Waals surface area (Å²) in [5, 5.41) is 3.58. The average Bonchev–Trinajstić information content (AvgIpc) is 3.19. The summed E-state index contributed by atoms with van der Waals surface area (Å²) in [6, 6.07) is 12.3. The Morgan fingerprint density at radius 3 is 2.83 bits per heavy atom. The molecule has 2 heterocycles. The number of methoxy groups -OCH3 is 1. The van der Waals surface area contributed by atoms with Crippen molar-refractivity contribution in [2.75, 3.05) is 19.2 Å². The van der Waals surface area contributed by atoms with Crippen LogP contribution in [0.3, 0.4) is 0 Å². The van der Waals surface area contributed by atoms with Gasteiger partial charge in [0.2, 0.25) is 6.79 Å². The molecule has 2 aromatic carbocycles. The lowest BCUT2D eigenvalue weighted by atomic mass is 10.2. The van der Waals surface area contributed by atoms with Gasteiger partial charge in [-0.3, -0.25) is 4.79 Å². The highest BCUT2D eigenvalue weighted by Gasteiger charge is 2.16. The van der Waals surface area contributed by atoms with Crippen LogP contribution in [0.5, 0.6) is 17.2 Å². The van der Waals surface area contributed by atoms with E-state index in [1.165, 1.54) is 0 Å². The lowest BCUT2D eigenvalue weighted by molar-refractivity contribution is 0.0998. The number of furan rings is 1. The molecule has 0 spiro atoms. The first kappa shape index (κ1) is 13.5. The molecule has 0 radical (unpaired) electrons. The molecule has 0 saturated heterocycles. The molecule has 0 unspecified atom stereocenters. The molecule has 0 aliphatic carbocycles. The number of fused-ring (bicyclic) bond motifs is 2. The van der Waals surface area contributed by atoms with Crippen LogP contribution in [0, 0.1) is 0 Å². The van der Waals surface area contributed by atoms with Crippen molar-refractivity contribution < 1.29 is 23.4 Å². The van der Waals surface area contributed by atoms with E-state index in [0.717, 1.165) is 5.39 Å². The minimum Gasteiger partial charge on any atom is -0.497 e. The lowest BCUT2D eigenvalue weighted by Crippen LogP contribution is -2.10. The van der Waals surface area contributed by atoms with Gasteiger partial charge in [0.15, 0.2) is 17.3 Å². The molecule has 23 heavy (non-hydrogen) atoms. The third kappa shape index (κ3) is 2.44. The Labute approximate surface area is 131 Å². The second-order valence-electron chi connectivity index (χ2n) is 5.04. The monoisotopic (exact) mass is 311 g/mol. The van der Waals surface area contributed by atoms with Crippen LogP contribution < -0.4 is 19.5 Å². The van der Waals surface area contributed by atoms with E-state index in [1.807, 2.05) is 6.07 Å². The molecule has 1 aromatic heterocycles. The van der Waals surface area contributed by atoms with E-state index < -0.39 is 0 Å². The van der Waals surface area contributed by atoms with Gasteiger partial charge < -0.3 is 23.9 Å². The van der Waals surface area contributed by atoms with Gasteiger partial charge in [-0.15, -0.1) is 0 Å². The van der Waals surface area contributed by atoms with Crippen molar-refractivity contribution in [1.29, 1.82) is 0 Å². The van der Waals surface area contributed by atoms with Crippen LogP contribution in [-0.4, -0.2) is 19.8 Å². The summed E-state index contributed by atoms with van der Waals surface area (Å²) in [7, 11) is 1.59. The number of hydrogen-bond acceptors (Lipinski definition) is 5. The molecule has 0 saturated carbocycles. The largest absolute Gasteiger partial charge is 0.497 e. The van der Waals surface area contributed by atoms with Gasteiger partial charge in [-0.2, -0.15) is 0 Å². The third-order valence-electron chi connectivity index (χ3n) is 3.58. The number of carbonyl (C=O) groups excluding carboxylic acids is 1. The van der Waals surface area contributed by atoms with Crippen LogP contribution in [0.15, 0.2) is 46.9 Å². The van der Waals surface area contributed by atoms with Gasteiger partial charge in [0.25, 0.3) is 5.91 Å². The molecule has 0 fully saturated rings. The Balaban J connectivity index is 1.59. The maximum atomic E-state index is 12.3. The Morgan fingerprint density at radius 1 is 1.09 bits per heavy atom. The molecule has 116 valence electrons. The number of hydrogen-bond donors (Lipinski definition) is 1. The normalized spacial score (nSPS) is 12.4. The molecule has 6 heteroatoms.